The maximum absolute atomic E-state index is 5.24. The van der Waals surface area contributed by atoms with E-state index in [0.29, 0.717) is 0 Å². The van der Waals surface area contributed by atoms with Gasteiger partial charge in [0.15, 0.2) is 0 Å². The number of rotatable bonds is 1. The molecule has 0 fully saturated rings. The molecule has 1 aromatic heterocycles. The minimum Gasteiger partial charge on any atom is -0.496 e. The highest BCUT2D eigenvalue weighted by Gasteiger charge is 2.09. The van der Waals surface area contributed by atoms with Crippen molar-refractivity contribution in [3.63, 3.8) is 0 Å². The van der Waals surface area contributed by atoms with Crippen LogP contribution in [0.4, 0.5) is 0 Å². The average molecular weight is 317 g/mol. The quantitative estimate of drug-likeness (QED) is 0.799. The van der Waals surface area contributed by atoms with Crippen molar-refractivity contribution in [1.29, 1.82) is 0 Å². The first-order valence-corrected chi connectivity index (χ1v) is 5.58. The maximum Gasteiger partial charge on any atom is 0.134 e. The molecular formula is C10H7Br2NO. The van der Waals surface area contributed by atoms with Gasteiger partial charge in [-0.25, -0.2) is 0 Å². The second kappa shape index (κ2) is 3.87. The van der Waals surface area contributed by atoms with E-state index in [9.17, 15) is 0 Å². The maximum atomic E-state index is 5.24. The van der Waals surface area contributed by atoms with Crippen molar-refractivity contribution >= 4 is 42.6 Å². The van der Waals surface area contributed by atoms with Gasteiger partial charge >= 0.3 is 0 Å². The SMILES string of the molecule is COc1cc2ccncc2c(Br)c1Br. The zero-order valence-corrected chi connectivity index (χ0v) is 10.6. The molecule has 0 N–H and O–H groups in total. The van der Waals surface area contributed by atoms with E-state index in [-0.39, 0.29) is 0 Å². The van der Waals surface area contributed by atoms with Gasteiger partial charge in [-0.15, -0.1) is 0 Å². The highest BCUT2D eigenvalue weighted by atomic mass is 79.9. The molecule has 0 amide bonds. The van der Waals surface area contributed by atoms with Gasteiger partial charge < -0.3 is 4.74 Å². The predicted molar refractivity (Wildman–Crippen MR) is 63.7 cm³/mol. The normalized spacial score (nSPS) is 10.5. The standard InChI is InChI=1S/C10H7Br2NO/c1-14-8-4-6-2-3-13-5-7(6)9(11)10(8)12/h2-5H,1H3. The Kier molecular flexibility index (Phi) is 2.74. The summed E-state index contributed by atoms with van der Waals surface area (Å²) in [6.07, 6.45) is 3.59. The molecule has 0 aliphatic rings. The van der Waals surface area contributed by atoms with E-state index in [4.69, 9.17) is 4.74 Å². The van der Waals surface area contributed by atoms with Crippen LogP contribution in [0.1, 0.15) is 0 Å². The topological polar surface area (TPSA) is 22.1 Å². The summed E-state index contributed by atoms with van der Waals surface area (Å²) in [5.41, 5.74) is 0. The van der Waals surface area contributed by atoms with Crippen LogP contribution in [0.3, 0.4) is 0 Å². The number of aromatic nitrogens is 1. The van der Waals surface area contributed by atoms with Crippen molar-refractivity contribution < 1.29 is 4.74 Å². The lowest BCUT2D eigenvalue weighted by Gasteiger charge is -2.08. The van der Waals surface area contributed by atoms with Gasteiger partial charge in [0.1, 0.15) is 5.75 Å². The summed E-state index contributed by atoms with van der Waals surface area (Å²) in [5.74, 6) is 0.815. The lowest BCUT2D eigenvalue weighted by molar-refractivity contribution is 0.412. The Morgan fingerprint density at radius 2 is 2.07 bits per heavy atom. The Balaban J connectivity index is 2.85. The second-order valence-electron chi connectivity index (χ2n) is 2.80. The molecule has 0 bridgehead atoms. The first kappa shape index (κ1) is 9.93. The van der Waals surface area contributed by atoms with Crippen molar-refractivity contribution in [2.75, 3.05) is 7.11 Å². The highest BCUT2D eigenvalue weighted by molar-refractivity contribution is 9.13. The van der Waals surface area contributed by atoms with Gasteiger partial charge in [-0.2, -0.15) is 0 Å². The van der Waals surface area contributed by atoms with Crippen LogP contribution >= 0.6 is 31.9 Å². The fraction of sp³-hybridized carbons (Fsp3) is 0.100. The molecule has 2 nitrogen and oxygen atoms in total. The summed E-state index contributed by atoms with van der Waals surface area (Å²) >= 11 is 6.97. The Labute approximate surface area is 98.5 Å². The molecule has 1 aromatic carbocycles. The zero-order chi connectivity index (χ0) is 10.1. The predicted octanol–water partition coefficient (Wildman–Crippen LogP) is 3.77. The summed E-state index contributed by atoms with van der Waals surface area (Å²) in [6.45, 7) is 0. The van der Waals surface area contributed by atoms with E-state index in [2.05, 4.69) is 36.8 Å². The number of hydrogen-bond donors (Lipinski definition) is 0. The number of halogens is 2. The molecular weight excluding hydrogens is 310 g/mol. The smallest absolute Gasteiger partial charge is 0.134 e. The number of nitrogens with zero attached hydrogens (tertiary/aromatic N) is 1. The van der Waals surface area contributed by atoms with Crippen LogP contribution in [0.15, 0.2) is 33.5 Å². The summed E-state index contributed by atoms with van der Waals surface area (Å²) < 4.78 is 7.13. The highest BCUT2D eigenvalue weighted by Crippen LogP contribution is 2.38. The Hall–Kier alpha value is -0.610. The monoisotopic (exact) mass is 315 g/mol. The van der Waals surface area contributed by atoms with Crippen LogP contribution in [-0.4, -0.2) is 12.1 Å². The number of methoxy groups -OCH3 is 1. The lowest BCUT2D eigenvalue weighted by atomic mass is 10.2. The summed E-state index contributed by atoms with van der Waals surface area (Å²) in [5, 5.41) is 2.17. The third-order valence-electron chi connectivity index (χ3n) is 2.01. The Morgan fingerprint density at radius 1 is 1.29 bits per heavy atom. The van der Waals surface area contributed by atoms with Crippen LogP contribution in [-0.2, 0) is 0 Å². The molecule has 0 aliphatic carbocycles. The van der Waals surface area contributed by atoms with Gasteiger partial charge in [-0.05, 0) is 49.4 Å². The summed E-state index contributed by atoms with van der Waals surface area (Å²) in [4.78, 5) is 4.08. The number of ether oxygens (including phenoxy) is 1. The summed E-state index contributed by atoms with van der Waals surface area (Å²) in [7, 11) is 1.65. The number of benzene rings is 1. The summed E-state index contributed by atoms with van der Waals surface area (Å²) in [6, 6.07) is 3.93. The van der Waals surface area contributed by atoms with Crippen molar-refractivity contribution in [3.05, 3.63) is 33.5 Å². The molecule has 0 radical (unpaired) electrons. The van der Waals surface area contributed by atoms with Gasteiger partial charge in [-0.1, -0.05) is 0 Å². The molecule has 0 saturated heterocycles. The number of hydrogen-bond acceptors (Lipinski definition) is 2. The fourth-order valence-electron chi connectivity index (χ4n) is 1.29. The first-order chi connectivity index (χ1) is 6.74. The van der Waals surface area contributed by atoms with E-state index in [1.807, 2.05) is 18.3 Å². The molecule has 0 unspecified atom stereocenters. The third kappa shape index (κ3) is 1.53. The van der Waals surface area contributed by atoms with Gasteiger partial charge in [0, 0.05) is 22.3 Å². The van der Waals surface area contributed by atoms with Gasteiger partial charge in [0.2, 0.25) is 0 Å². The van der Waals surface area contributed by atoms with Gasteiger partial charge in [0.25, 0.3) is 0 Å². The van der Waals surface area contributed by atoms with Gasteiger partial charge in [0.05, 0.1) is 11.6 Å². The molecule has 0 atom stereocenters. The van der Waals surface area contributed by atoms with Gasteiger partial charge in [-0.3, -0.25) is 4.98 Å². The first-order valence-electron chi connectivity index (χ1n) is 3.99. The Morgan fingerprint density at radius 3 is 2.79 bits per heavy atom. The van der Waals surface area contributed by atoms with E-state index in [0.717, 1.165) is 25.5 Å². The molecule has 0 aliphatic heterocycles. The molecule has 4 heteroatoms. The molecule has 2 rings (SSSR count). The minimum atomic E-state index is 0.815. The Bertz CT molecular complexity index is 485. The number of fused-ring (bicyclic) bond motifs is 1. The van der Waals surface area contributed by atoms with E-state index >= 15 is 0 Å². The fourth-order valence-corrected chi connectivity index (χ4v) is 2.31. The molecule has 72 valence electrons. The van der Waals surface area contributed by atoms with E-state index in [1.165, 1.54) is 0 Å². The van der Waals surface area contributed by atoms with Crippen LogP contribution in [0, 0.1) is 0 Å². The molecule has 1 heterocycles. The van der Waals surface area contributed by atoms with Crippen LogP contribution in [0.5, 0.6) is 5.75 Å². The largest absolute Gasteiger partial charge is 0.496 e. The van der Waals surface area contributed by atoms with Crippen LogP contribution in [0.2, 0.25) is 0 Å². The lowest BCUT2D eigenvalue weighted by Crippen LogP contribution is -1.87. The third-order valence-corrected chi connectivity index (χ3v) is 4.15. The van der Waals surface area contributed by atoms with E-state index < -0.39 is 0 Å². The molecule has 0 spiro atoms. The van der Waals surface area contributed by atoms with Crippen molar-refractivity contribution in [2.24, 2.45) is 0 Å². The van der Waals surface area contributed by atoms with Crippen LogP contribution in [0.25, 0.3) is 10.8 Å². The second-order valence-corrected chi connectivity index (χ2v) is 4.39. The molecule has 0 saturated carbocycles. The van der Waals surface area contributed by atoms with Crippen molar-refractivity contribution in [1.82, 2.24) is 4.98 Å². The zero-order valence-electron chi connectivity index (χ0n) is 7.42. The average Bonchev–Trinajstić information content (AvgIpc) is 2.23. The molecule has 2 aromatic rings. The van der Waals surface area contributed by atoms with Crippen LogP contribution < -0.4 is 4.74 Å². The number of pyridine rings is 1. The van der Waals surface area contributed by atoms with E-state index in [1.54, 1.807) is 13.3 Å². The van der Waals surface area contributed by atoms with Crippen molar-refractivity contribution in [2.45, 2.75) is 0 Å². The van der Waals surface area contributed by atoms with Crippen molar-refractivity contribution in [3.8, 4) is 5.75 Å². The molecule has 14 heavy (non-hydrogen) atoms. The minimum absolute atomic E-state index is 0.815.